The van der Waals surface area contributed by atoms with Crippen LogP contribution in [-0.4, -0.2) is 73.8 Å². The first-order chi connectivity index (χ1) is 20.7. The molecule has 2 N–H and O–H groups in total. The lowest BCUT2D eigenvalue weighted by Gasteiger charge is -2.37. The molecule has 0 spiro atoms. The van der Waals surface area contributed by atoms with Gasteiger partial charge in [0.25, 0.3) is 11.5 Å². The fraction of sp³-hybridized carbons (Fsp3) is 0.618. The third-order valence-electron chi connectivity index (χ3n) is 9.66. The highest BCUT2D eigenvalue weighted by Crippen LogP contribution is 2.40. The fourth-order valence-corrected chi connectivity index (χ4v) is 7.20. The number of nitrogens with zero attached hydrogens (tertiary/aromatic N) is 2. The molecule has 0 unspecified atom stereocenters. The normalized spacial score (nSPS) is 21.9. The number of aromatic amines is 1. The molecule has 234 valence electrons. The Labute approximate surface area is 255 Å². The zero-order valence-corrected chi connectivity index (χ0v) is 26.3. The first-order valence-electron chi connectivity index (χ1n) is 16.0. The number of amides is 2. The number of nitrogens with one attached hydrogen (secondary N) is 2. The summed E-state index contributed by atoms with van der Waals surface area (Å²) >= 11 is 0. The number of hydrogen-bond acceptors (Lipinski definition) is 6. The Morgan fingerprint density at radius 2 is 1.63 bits per heavy atom. The number of anilines is 1. The van der Waals surface area contributed by atoms with Gasteiger partial charge in [-0.3, -0.25) is 19.3 Å². The minimum atomic E-state index is -0.226. The summed E-state index contributed by atoms with van der Waals surface area (Å²) < 4.78 is 11.1. The molecule has 2 saturated heterocycles. The van der Waals surface area contributed by atoms with Gasteiger partial charge in [-0.1, -0.05) is 0 Å². The van der Waals surface area contributed by atoms with E-state index in [2.05, 4.69) is 21.3 Å². The summed E-state index contributed by atoms with van der Waals surface area (Å²) in [5, 5.41) is 3.02. The molecule has 1 aliphatic carbocycles. The van der Waals surface area contributed by atoms with Gasteiger partial charge in [0, 0.05) is 74.9 Å². The van der Waals surface area contributed by atoms with E-state index in [1.54, 1.807) is 6.92 Å². The molecule has 0 atom stereocenters. The Bertz CT molecular complexity index is 1350. The van der Waals surface area contributed by atoms with Crippen molar-refractivity contribution in [1.82, 2.24) is 15.2 Å². The Morgan fingerprint density at radius 1 is 0.953 bits per heavy atom. The monoisotopic (exact) mass is 592 g/mol. The quantitative estimate of drug-likeness (QED) is 0.472. The average Bonchev–Trinajstić information content (AvgIpc) is 2.99. The van der Waals surface area contributed by atoms with Crippen LogP contribution >= 0.6 is 0 Å². The van der Waals surface area contributed by atoms with Gasteiger partial charge in [0.1, 0.15) is 0 Å². The number of hydrogen-bond donors (Lipinski definition) is 2. The van der Waals surface area contributed by atoms with Gasteiger partial charge < -0.3 is 24.7 Å². The van der Waals surface area contributed by atoms with Gasteiger partial charge >= 0.3 is 0 Å². The number of benzene rings is 1. The van der Waals surface area contributed by atoms with E-state index < -0.39 is 0 Å². The lowest BCUT2D eigenvalue weighted by atomic mass is 9.77. The fourth-order valence-electron chi connectivity index (χ4n) is 7.20. The molecule has 3 heterocycles. The molecule has 3 aliphatic rings. The van der Waals surface area contributed by atoms with Crippen LogP contribution in [0.5, 0.6) is 0 Å². The minimum absolute atomic E-state index is 0.0189. The van der Waals surface area contributed by atoms with Gasteiger partial charge in [-0.15, -0.1) is 0 Å². The van der Waals surface area contributed by atoms with Crippen molar-refractivity contribution in [1.29, 1.82) is 0 Å². The molecule has 1 saturated carbocycles. The maximum atomic E-state index is 13.8. The molecule has 9 heteroatoms. The van der Waals surface area contributed by atoms with Crippen molar-refractivity contribution in [3.05, 3.63) is 62.1 Å². The highest BCUT2D eigenvalue weighted by atomic mass is 16.5. The molecule has 2 aromatic rings. The highest BCUT2D eigenvalue weighted by molar-refractivity contribution is 6.00. The second-order valence-electron chi connectivity index (χ2n) is 12.7. The molecule has 1 aromatic carbocycles. The van der Waals surface area contributed by atoms with Crippen molar-refractivity contribution >= 4 is 17.5 Å². The summed E-state index contributed by atoms with van der Waals surface area (Å²) in [6, 6.07) is 6.16. The second kappa shape index (κ2) is 14.2. The van der Waals surface area contributed by atoms with Gasteiger partial charge in [0.05, 0.1) is 13.2 Å². The van der Waals surface area contributed by atoms with Crippen molar-refractivity contribution in [2.45, 2.75) is 84.7 Å². The van der Waals surface area contributed by atoms with E-state index >= 15 is 0 Å². The third kappa shape index (κ3) is 7.56. The van der Waals surface area contributed by atoms with Crippen LogP contribution in [-0.2, 0) is 20.8 Å². The van der Waals surface area contributed by atoms with Crippen molar-refractivity contribution in [3.8, 4) is 0 Å². The van der Waals surface area contributed by atoms with Crippen molar-refractivity contribution < 1.29 is 19.1 Å². The van der Waals surface area contributed by atoms with Crippen LogP contribution in [0.2, 0.25) is 0 Å². The van der Waals surface area contributed by atoms with Gasteiger partial charge in [-0.05, 0) is 106 Å². The van der Waals surface area contributed by atoms with E-state index in [-0.39, 0.29) is 30.0 Å². The molecule has 2 amide bonds. The van der Waals surface area contributed by atoms with Crippen LogP contribution in [0.4, 0.5) is 5.69 Å². The molecule has 0 bridgehead atoms. The van der Waals surface area contributed by atoms with E-state index in [0.29, 0.717) is 36.2 Å². The molecule has 3 fully saturated rings. The first kappa shape index (κ1) is 31.4. The molecule has 5 rings (SSSR count). The third-order valence-corrected chi connectivity index (χ3v) is 9.66. The zero-order chi connectivity index (χ0) is 30.5. The molecule has 9 nitrogen and oxygen atoms in total. The summed E-state index contributed by atoms with van der Waals surface area (Å²) in [5.41, 5.74) is 5.33. The predicted molar refractivity (Wildman–Crippen MR) is 168 cm³/mol. The van der Waals surface area contributed by atoms with Crippen LogP contribution in [0.1, 0.15) is 89.7 Å². The number of carbonyl (C=O) groups excluding carboxylic acids is 2. The molecule has 1 aromatic heterocycles. The molecule has 43 heavy (non-hydrogen) atoms. The summed E-state index contributed by atoms with van der Waals surface area (Å²) in [5.74, 6) is 0.761. The van der Waals surface area contributed by atoms with E-state index in [1.807, 2.05) is 37.8 Å². The number of ether oxygens (including phenoxy) is 2. The predicted octanol–water partition coefficient (Wildman–Crippen LogP) is 4.37. The zero-order valence-electron chi connectivity index (χ0n) is 26.3. The SMILES string of the molecule is CC(=O)N(c1cc(C2CCC(CN3CCOCC3)CC2)cc(C(=O)NCc2c(C)cc(C)[nH]c2=O)c1C)C1CCOCC1. The number of aryl methyl sites for hydroxylation is 2. The number of pyridine rings is 1. The summed E-state index contributed by atoms with van der Waals surface area (Å²) in [4.78, 5) is 46.8. The second-order valence-corrected chi connectivity index (χ2v) is 12.7. The van der Waals surface area contributed by atoms with Gasteiger partial charge in [-0.25, -0.2) is 0 Å². The summed E-state index contributed by atoms with van der Waals surface area (Å²) in [6.07, 6.45) is 5.97. The van der Waals surface area contributed by atoms with Crippen LogP contribution in [0.15, 0.2) is 23.0 Å². The van der Waals surface area contributed by atoms with E-state index in [4.69, 9.17) is 9.47 Å². The smallest absolute Gasteiger partial charge is 0.253 e. The number of morpholine rings is 1. The summed E-state index contributed by atoms with van der Waals surface area (Å²) in [7, 11) is 0. The van der Waals surface area contributed by atoms with E-state index in [1.165, 1.54) is 0 Å². The minimum Gasteiger partial charge on any atom is -0.381 e. The molecular formula is C34H48N4O5. The van der Waals surface area contributed by atoms with Crippen LogP contribution in [0, 0.1) is 26.7 Å². The van der Waals surface area contributed by atoms with Crippen molar-refractivity contribution in [3.63, 3.8) is 0 Å². The standard InChI is InChI=1S/C34H48N4O5/c1-22-17-23(2)36-34(41)31(22)20-35-33(40)30-18-28(27-7-5-26(6-8-27)21-37-11-15-43-16-12-37)19-32(24(30)3)38(25(4)39)29-9-13-42-14-10-29/h17-19,26-27,29H,5-16,20-21H2,1-4H3,(H,35,40)(H,36,41). The van der Waals surface area contributed by atoms with Gasteiger partial charge in [-0.2, -0.15) is 0 Å². The number of rotatable bonds is 8. The Kier molecular flexibility index (Phi) is 10.4. The Morgan fingerprint density at radius 3 is 2.28 bits per heavy atom. The lowest BCUT2D eigenvalue weighted by molar-refractivity contribution is -0.117. The van der Waals surface area contributed by atoms with Crippen molar-refractivity contribution in [2.75, 3.05) is 51.0 Å². The number of aromatic nitrogens is 1. The van der Waals surface area contributed by atoms with E-state index in [0.717, 1.165) is 99.4 Å². The number of H-pyrrole nitrogens is 1. The van der Waals surface area contributed by atoms with E-state index in [9.17, 15) is 14.4 Å². The Hall–Kier alpha value is -3.01. The maximum absolute atomic E-state index is 13.8. The van der Waals surface area contributed by atoms with Crippen LogP contribution in [0.25, 0.3) is 0 Å². The topological polar surface area (TPSA) is 104 Å². The van der Waals surface area contributed by atoms with Crippen LogP contribution < -0.4 is 15.8 Å². The number of carbonyl (C=O) groups is 2. The molecular weight excluding hydrogens is 544 g/mol. The maximum Gasteiger partial charge on any atom is 0.253 e. The first-order valence-corrected chi connectivity index (χ1v) is 16.0. The largest absolute Gasteiger partial charge is 0.381 e. The van der Waals surface area contributed by atoms with Gasteiger partial charge in [0.2, 0.25) is 5.91 Å². The highest BCUT2D eigenvalue weighted by Gasteiger charge is 2.31. The molecule has 0 radical (unpaired) electrons. The summed E-state index contributed by atoms with van der Waals surface area (Å²) in [6.45, 7) is 13.5. The average molecular weight is 593 g/mol. The Balaban J connectivity index is 1.41. The van der Waals surface area contributed by atoms with Crippen molar-refractivity contribution in [2.24, 2.45) is 5.92 Å². The van der Waals surface area contributed by atoms with Gasteiger partial charge in [0.15, 0.2) is 0 Å². The lowest BCUT2D eigenvalue weighted by Crippen LogP contribution is -2.43. The van der Waals surface area contributed by atoms with Crippen LogP contribution in [0.3, 0.4) is 0 Å². The molecule has 2 aliphatic heterocycles.